The van der Waals surface area contributed by atoms with Crippen molar-refractivity contribution in [3.63, 3.8) is 0 Å². The minimum Gasteiger partial charge on any atom is -0.504 e. The maximum atomic E-state index is 9.49. The Kier molecular flexibility index (Phi) is 8.25. The van der Waals surface area contributed by atoms with E-state index in [0.717, 1.165) is 37.7 Å². The molecule has 126 valence electrons. The molecule has 0 aliphatic heterocycles. The van der Waals surface area contributed by atoms with Gasteiger partial charge in [0.15, 0.2) is 11.5 Å². The van der Waals surface area contributed by atoms with Crippen LogP contribution in [0.3, 0.4) is 0 Å². The van der Waals surface area contributed by atoms with Crippen molar-refractivity contribution in [3.8, 4) is 11.5 Å². The molecular weight excluding hydrogens is 284 g/mol. The summed E-state index contributed by atoms with van der Waals surface area (Å²) in [5.41, 5.74) is 5.20. The van der Waals surface area contributed by atoms with Gasteiger partial charge in [0.2, 0.25) is 0 Å². The lowest BCUT2D eigenvalue weighted by Gasteiger charge is -2.03. The maximum Gasteiger partial charge on any atom is 0.157 e. The van der Waals surface area contributed by atoms with E-state index in [-0.39, 0.29) is 11.5 Å². The van der Waals surface area contributed by atoms with Gasteiger partial charge in [0.05, 0.1) is 0 Å². The Morgan fingerprint density at radius 3 is 2.04 bits per heavy atom. The van der Waals surface area contributed by atoms with Crippen LogP contribution in [0, 0.1) is 0 Å². The standard InChI is InChI=1S/C21H30O2/c1-16(2)7-5-8-17(3)9-6-10-18(4)11-12-19-13-14-20(22)21(23)15-19/h7,9,11,13-15,22-23H,5-6,8,10,12H2,1-4H3/b17-9+,18-11+. The van der Waals surface area contributed by atoms with Crippen LogP contribution in [-0.2, 0) is 6.42 Å². The molecule has 0 fully saturated rings. The Morgan fingerprint density at radius 1 is 0.826 bits per heavy atom. The first-order valence-electron chi connectivity index (χ1n) is 8.34. The molecule has 0 aliphatic carbocycles. The zero-order valence-electron chi connectivity index (χ0n) is 14.9. The lowest BCUT2D eigenvalue weighted by atomic mass is 10.0. The molecule has 0 saturated carbocycles. The fourth-order valence-corrected chi connectivity index (χ4v) is 2.33. The molecule has 1 aromatic rings. The van der Waals surface area contributed by atoms with Crippen LogP contribution in [0.25, 0.3) is 0 Å². The Morgan fingerprint density at radius 2 is 1.43 bits per heavy atom. The van der Waals surface area contributed by atoms with Crippen LogP contribution >= 0.6 is 0 Å². The SMILES string of the molecule is CC(C)=CCC/C(C)=C/CC/C(C)=C/Cc1ccc(O)c(O)c1. The highest BCUT2D eigenvalue weighted by atomic mass is 16.3. The highest BCUT2D eigenvalue weighted by molar-refractivity contribution is 5.41. The van der Waals surface area contributed by atoms with Crippen molar-refractivity contribution >= 4 is 0 Å². The third-order valence-corrected chi connectivity index (χ3v) is 3.85. The molecule has 1 rings (SSSR count). The van der Waals surface area contributed by atoms with E-state index < -0.39 is 0 Å². The number of phenols is 2. The lowest BCUT2D eigenvalue weighted by Crippen LogP contribution is -1.84. The monoisotopic (exact) mass is 314 g/mol. The van der Waals surface area contributed by atoms with Crippen molar-refractivity contribution in [2.75, 3.05) is 0 Å². The van der Waals surface area contributed by atoms with Gasteiger partial charge in [-0.05, 0) is 77.5 Å². The fraction of sp³-hybridized carbons (Fsp3) is 0.429. The van der Waals surface area contributed by atoms with Crippen molar-refractivity contribution < 1.29 is 10.2 Å². The van der Waals surface area contributed by atoms with Crippen LogP contribution in [0.5, 0.6) is 11.5 Å². The highest BCUT2D eigenvalue weighted by Gasteiger charge is 1.99. The summed E-state index contributed by atoms with van der Waals surface area (Å²) in [5, 5.41) is 18.8. The average molecular weight is 314 g/mol. The van der Waals surface area contributed by atoms with Gasteiger partial charge in [0, 0.05) is 0 Å². The van der Waals surface area contributed by atoms with Crippen molar-refractivity contribution in [1.29, 1.82) is 0 Å². The lowest BCUT2D eigenvalue weighted by molar-refractivity contribution is 0.403. The van der Waals surface area contributed by atoms with Gasteiger partial charge < -0.3 is 10.2 Å². The quantitative estimate of drug-likeness (QED) is 0.452. The van der Waals surface area contributed by atoms with Crippen molar-refractivity contribution in [1.82, 2.24) is 0 Å². The number of allylic oxidation sites excluding steroid dienone is 6. The largest absolute Gasteiger partial charge is 0.504 e. The van der Waals surface area contributed by atoms with E-state index in [2.05, 4.69) is 45.9 Å². The summed E-state index contributed by atoms with van der Waals surface area (Å²) in [4.78, 5) is 0. The summed E-state index contributed by atoms with van der Waals surface area (Å²) in [6.07, 6.45) is 12.0. The van der Waals surface area contributed by atoms with Crippen LogP contribution in [0.2, 0.25) is 0 Å². The van der Waals surface area contributed by atoms with Gasteiger partial charge in [-0.3, -0.25) is 0 Å². The second-order valence-corrected chi connectivity index (χ2v) is 6.49. The van der Waals surface area contributed by atoms with Crippen molar-refractivity contribution in [2.45, 2.75) is 59.8 Å². The van der Waals surface area contributed by atoms with Crippen LogP contribution in [-0.4, -0.2) is 10.2 Å². The molecule has 0 heterocycles. The number of benzene rings is 1. The summed E-state index contributed by atoms with van der Waals surface area (Å²) in [5.74, 6) is -0.119. The molecule has 2 nitrogen and oxygen atoms in total. The predicted molar refractivity (Wildman–Crippen MR) is 98.9 cm³/mol. The second kappa shape index (κ2) is 9.94. The molecule has 23 heavy (non-hydrogen) atoms. The fourth-order valence-electron chi connectivity index (χ4n) is 2.33. The van der Waals surface area contributed by atoms with Crippen LogP contribution in [0.4, 0.5) is 0 Å². The topological polar surface area (TPSA) is 40.5 Å². The van der Waals surface area contributed by atoms with E-state index in [1.54, 1.807) is 6.07 Å². The number of hydrogen-bond acceptors (Lipinski definition) is 2. The van der Waals surface area contributed by atoms with E-state index in [9.17, 15) is 10.2 Å². The summed E-state index contributed by atoms with van der Waals surface area (Å²) in [6, 6.07) is 4.99. The smallest absolute Gasteiger partial charge is 0.157 e. The molecule has 0 amide bonds. The second-order valence-electron chi connectivity index (χ2n) is 6.49. The zero-order valence-corrected chi connectivity index (χ0v) is 14.9. The number of hydrogen-bond donors (Lipinski definition) is 2. The first-order chi connectivity index (χ1) is 10.9. The molecule has 1 aromatic carbocycles. The van der Waals surface area contributed by atoms with Gasteiger partial charge in [-0.15, -0.1) is 0 Å². The summed E-state index contributed by atoms with van der Waals surface area (Å²) < 4.78 is 0. The third kappa shape index (κ3) is 8.29. The third-order valence-electron chi connectivity index (χ3n) is 3.85. The molecule has 0 atom stereocenters. The van der Waals surface area contributed by atoms with E-state index in [1.807, 2.05) is 6.07 Å². The maximum absolute atomic E-state index is 9.49. The van der Waals surface area contributed by atoms with E-state index in [4.69, 9.17) is 0 Å². The molecule has 0 aromatic heterocycles. The minimum absolute atomic E-state index is 0.0523. The molecule has 0 spiro atoms. The summed E-state index contributed by atoms with van der Waals surface area (Å²) in [6.45, 7) is 8.63. The van der Waals surface area contributed by atoms with E-state index in [1.165, 1.54) is 22.8 Å². The normalized spacial score (nSPS) is 12.3. The Hall–Kier alpha value is -1.96. The molecule has 2 N–H and O–H groups in total. The molecule has 0 unspecified atom stereocenters. The number of aromatic hydroxyl groups is 2. The van der Waals surface area contributed by atoms with Gasteiger partial charge >= 0.3 is 0 Å². The Balaban J connectivity index is 2.39. The van der Waals surface area contributed by atoms with Crippen LogP contribution in [0.15, 0.2) is 53.1 Å². The summed E-state index contributed by atoms with van der Waals surface area (Å²) >= 11 is 0. The Bertz CT molecular complexity index is 588. The molecule has 0 bridgehead atoms. The van der Waals surface area contributed by atoms with Gasteiger partial charge in [0.1, 0.15) is 0 Å². The molecule has 0 radical (unpaired) electrons. The van der Waals surface area contributed by atoms with Gasteiger partial charge in [0.25, 0.3) is 0 Å². The molecule has 0 saturated heterocycles. The van der Waals surface area contributed by atoms with E-state index >= 15 is 0 Å². The molecular formula is C21H30O2. The number of phenolic OH excluding ortho intramolecular Hbond substituents is 2. The number of rotatable bonds is 8. The van der Waals surface area contributed by atoms with Crippen molar-refractivity contribution in [2.24, 2.45) is 0 Å². The molecule has 0 aliphatic rings. The van der Waals surface area contributed by atoms with Gasteiger partial charge in [-0.2, -0.15) is 0 Å². The van der Waals surface area contributed by atoms with Crippen molar-refractivity contribution in [3.05, 3.63) is 58.7 Å². The predicted octanol–water partition coefficient (Wildman–Crippen LogP) is 6.06. The first kappa shape index (κ1) is 19.1. The zero-order chi connectivity index (χ0) is 17.2. The van der Waals surface area contributed by atoms with Gasteiger partial charge in [-0.25, -0.2) is 0 Å². The van der Waals surface area contributed by atoms with Gasteiger partial charge in [-0.1, -0.05) is 41.0 Å². The Labute approximate surface area is 140 Å². The van der Waals surface area contributed by atoms with E-state index in [0.29, 0.717) is 0 Å². The molecule has 2 heteroatoms. The minimum atomic E-state index is -0.0665. The highest BCUT2D eigenvalue weighted by Crippen LogP contribution is 2.25. The van der Waals surface area contributed by atoms with Crippen LogP contribution < -0.4 is 0 Å². The first-order valence-corrected chi connectivity index (χ1v) is 8.34. The van der Waals surface area contributed by atoms with Crippen LogP contribution in [0.1, 0.15) is 58.9 Å². The average Bonchev–Trinajstić information content (AvgIpc) is 2.48. The summed E-state index contributed by atoms with van der Waals surface area (Å²) in [7, 11) is 0.